The minimum Gasteiger partial charge on any atom is -0.493 e. The molecule has 0 saturated heterocycles. The zero-order valence-corrected chi connectivity index (χ0v) is 12.7. The first-order valence-corrected chi connectivity index (χ1v) is 6.95. The average Bonchev–Trinajstić information content (AvgIpc) is 3.15. The van der Waals surface area contributed by atoms with Gasteiger partial charge in [-0.1, -0.05) is 0 Å². The molecule has 24 heavy (non-hydrogen) atoms. The highest BCUT2D eigenvalue weighted by Gasteiger charge is 2.12. The number of aromatic nitrogens is 4. The van der Waals surface area contributed by atoms with Crippen molar-refractivity contribution in [1.82, 2.24) is 19.9 Å². The van der Waals surface area contributed by atoms with Crippen molar-refractivity contribution in [2.45, 2.75) is 0 Å². The third kappa shape index (κ3) is 3.61. The van der Waals surface area contributed by atoms with Crippen molar-refractivity contribution in [3.05, 3.63) is 66.5 Å². The van der Waals surface area contributed by atoms with E-state index in [-0.39, 0.29) is 0 Å². The summed E-state index contributed by atoms with van der Waals surface area (Å²) >= 11 is 0. The fourth-order valence-corrected chi connectivity index (χ4v) is 1.88. The van der Waals surface area contributed by atoms with Crippen molar-refractivity contribution in [2.75, 3.05) is 7.11 Å². The molecular weight excluding hydrogens is 310 g/mol. The van der Waals surface area contributed by atoms with Gasteiger partial charge in [-0.3, -0.25) is 4.98 Å². The highest BCUT2D eigenvalue weighted by atomic mass is 16.6. The second kappa shape index (κ2) is 7.14. The molecule has 0 amide bonds. The molecule has 0 aliphatic carbocycles. The van der Waals surface area contributed by atoms with Crippen molar-refractivity contribution < 1.29 is 14.3 Å². The Morgan fingerprint density at radius 2 is 1.88 bits per heavy atom. The molecule has 120 valence electrons. The smallest absolute Gasteiger partial charge is 0.343 e. The third-order valence-corrected chi connectivity index (χ3v) is 3.05. The van der Waals surface area contributed by atoms with Crippen molar-refractivity contribution in [3.63, 3.8) is 0 Å². The quantitative estimate of drug-likeness (QED) is 0.404. The van der Waals surface area contributed by atoms with Gasteiger partial charge in [0.25, 0.3) is 0 Å². The van der Waals surface area contributed by atoms with E-state index in [0.717, 1.165) is 5.56 Å². The predicted molar refractivity (Wildman–Crippen MR) is 85.2 cm³/mol. The number of esters is 1. The lowest BCUT2D eigenvalue weighted by Crippen LogP contribution is -2.09. The van der Waals surface area contributed by atoms with E-state index in [1.165, 1.54) is 36.8 Å². The molecule has 1 aromatic carbocycles. The van der Waals surface area contributed by atoms with E-state index in [1.807, 2.05) is 0 Å². The molecule has 0 fully saturated rings. The largest absolute Gasteiger partial charge is 0.493 e. The van der Waals surface area contributed by atoms with Gasteiger partial charge >= 0.3 is 5.97 Å². The van der Waals surface area contributed by atoms with Crippen molar-refractivity contribution in [3.8, 4) is 11.5 Å². The number of pyridine rings is 1. The molecule has 8 heteroatoms. The van der Waals surface area contributed by atoms with Crippen molar-refractivity contribution >= 4 is 12.2 Å². The van der Waals surface area contributed by atoms with Crippen LogP contribution in [0.4, 0.5) is 0 Å². The molecule has 0 atom stereocenters. The molecule has 0 bridgehead atoms. The molecule has 8 nitrogen and oxygen atoms in total. The van der Waals surface area contributed by atoms with Gasteiger partial charge in [0.15, 0.2) is 11.5 Å². The predicted octanol–water partition coefficient (Wildman–Crippen LogP) is 1.78. The zero-order valence-electron chi connectivity index (χ0n) is 12.7. The number of benzene rings is 1. The number of methoxy groups -OCH3 is 1. The standard InChI is InChI=1S/C16H13N5O3/c1-23-15-8-12(9-20-21-10-18-19-11-21)2-3-14(15)24-16(22)13-4-6-17-7-5-13/h2-11H,1H3. The van der Waals surface area contributed by atoms with E-state index < -0.39 is 5.97 Å². The Labute approximate surface area is 137 Å². The van der Waals surface area contributed by atoms with Crippen molar-refractivity contribution in [1.29, 1.82) is 0 Å². The molecule has 2 heterocycles. The van der Waals surface area contributed by atoms with E-state index in [4.69, 9.17) is 9.47 Å². The first kappa shape index (κ1) is 15.3. The Bertz CT molecular complexity index is 847. The van der Waals surface area contributed by atoms with Gasteiger partial charge in [0.1, 0.15) is 12.7 Å². The van der Waals surface area contributed by atoms with Crippen LogP contribution in [0.25, 0.3) is 0 Å². The van der Waals surface area contributed by atoms with Crippen LogP contribution in [-0.2, 0) is 0 Å². The third-order valence-electron chi connectivity index (χ3n) is 3.05. The highest BCUT2D eigenvalue weighted by molar-refractivity contribution is 5.91. The van der Waals surface area contributed by atoms with Gasteiger partial charge in [0.2, 0.25) is 0 Å². The highest BCUT2D eigenvalue weighted by Crippen LogP contribution is 2.28. The molecule has 3 rings (SSSR count). The van der Waals surface area contributed by atoms with Crippen molar-refractivity contribution in [2.24, 2.45) is 5.10 Å². The summed E-state index contributed by atoms with van der Waals surface area (Å²) < 4.78 is 12.1. The molecule has 0 spiro atoms. The average molecular weight is 323 g/mol. The van der Waals surface area contributed by atoms with E-state index >= 15 is 0 Å². The summed E-state index contributed by atoms with van der Waals surface area (Å²) in [6.07, 6.45) is 7.61. The van der Waals surface area contributed by atoms with E-state index in [1.54, 1.807) is 36.5 Å². The molecular formula is C16H13N5O3. The first-order valence-electron chi connectivity index (χ1n) is 6.95. The van der Waals surface area contributed by atoms with Gasteiger partial charge in [0, 0.05) is 12.4 Å². The Morgan fingerprint density at radius 1 is 1.12 bits per heavy atom. The minimum absolute atomic E-state index is 0.320. The maximum absolute atomic E-state index is 12.1. The maximum atomic E-state index is 12.1. The van der Waals surface area contributed by atoms with Crippen LogP contribution < -0.4 is 9.47 Å². The SMILES string of the molecule is COc1cc(C=Nn2cnnc2)ccc1OC(=O)c1ccncc1. The molecule has 0 saturated carbocycles. The minimum atomic E-state index is -0.485. The van der Waals surface area contributed by atoms with E-state index in [9.17, 15) is 4.79 Å². The fourth-order valence-electron chi connectivity index (χ4n) is 1.88. The zero-order chi connectivity index (χ0) is 16.8. The Morgan fingerprint density at radius 3 is 2.58 bits per heavy atom. The number of ether oxygens (including phenoxy) is 2. The van der Waals surface area contributed by atoms with Gasteiger partial charge < -0.3 is 9.47 Å². The molecule has 2 aromatic heterocycles. The monoisotopic (exact) mass is 323 g/mol. The number of carbonyl (C=O) groups is 1. The number of hydrogen-bond acceptors (Lipinski definition) is 7. The van der Waals surface area contributed by atoms with Gasteiger partial charge in [-0.2, -0.15) is 5.10 Å². The summed E-state index contributed by atoms with van der Waals surface area (Å²) in [7, 11) is 1.50. The molecule has 0 radical (unpaired) electrons. The van der Waals surface area contributed by atoms with Crippen LogP contribution in [0, 0.1) is 0 Å². The lowest BCUT2D eigenvalue weighted by Gasteiger charge is -2.09. The van der Waals surface area contributed by atoms with Crippen LogP contribution in [0.2, 0.25) is 0 Å². The van der Waals surface area contributed by atoms with Crippen LogP contribution in [0.1, 0.15) is 15.9 Å². The van der Waals surface area contributed by atoms with Crippen LogP contribution in [0.3, 0.4) is 0 Å². The van der Waals surface area contributed by atoms with Gasteiger partial charge in [-0.25, -0.2) is 9.47 Å². The summed E-state index contributed by atoms with van der Waals surface area (Å²) in [5.41, 5.74) is 1.18. The fraction of sp³-hybridized carbons (Fsp3) is 0.0625. The molecule has 0 unspecified atom stereocenters. The summed E-state index contributed by atoms with van der Waals surface area (Å²) in [5, 5.41) is 11.5. The number of nitrogens with zero attached hydrogens (tertiary/aromatic N) is 5. The second-order valence-corrected chi connectivity index (χ2v) is 4.62. The van der Waals surface area contributed by atoms with Crippen LogP contribution in [0.15, 0.2) is 60.5 Å². The lowest BCUT2D eigenvalue weighted by atomic mass is 10.2. The number of rotatable bonds is 5. The van der Waals surface area contributed by atoms with Gasteiger partial charge in [-0.05, 0) is 35.9 Å². The van der Waals surface area contributed by atoms with Crippen LogP contribution in [0.5, 0.6) is 11.5 Å². The van der Waals surface area contributed by atoms with Crippen LogP contribution in [-0.4, -0.2) is 39.2 Å². The second-order valence-electron chi connectivity index (χ2n) is 4.62. The van der Waals surface area contributed by atoms with E-state index in [2.05, 4.69) is 20.3 Å². The maximum Gasteiger partial charge on any atom is 0.343 e. The summed E-state index contributed by atoms with van der Waals surface area (Å²) in [6, 6.07) is 8.27. The summed E-state index contributed by atoms with van der Waals surface area (Å²) in [6.45, 7) is 0. The Kier molecular flexibility index (Phi) is 4.57. The number of carbonyl (C=O) groups excluding carboxylic acids is 1. The lowest BCUT2D eigenvalue weighted by molar-refractivity contribution is 0.0729. The van der Waals surface area contributed by atoms with Gasteiger partial charge in [-0.15, -0.1) is 10.2 Å². The Hall–Kier alpha value is -3.55. The number of hydrogen-bond donors (Lipinski definition) is 0. The summed E-state index contributed by atoms with van der Waals surface area (Å²) in [4.78, 5) is 16.0. The topological polar surface area (TPSA) is 91.5 Å². The molecule has 0 N–H and O–H groups in total. The Balaban J connectivity index is 1.78. The normalized spacial score (nSPS) is 10.7. The summed E-state index contributed by atoms with van der Waals surface area (Å²) in [5.74, 6) is 0.257. The first-order chi connectivity index (χ1) is 11.8. The molecule has 0 aliphatic rings. The van der Waals surface area contributed by atoms with Crippen LogP contribution >= 0.6 is 0 Å². The molecule has 0 aliphatic heterocycles. The van der Waals surface area contributed by atoms with E-state index in [0.29, 0.717) is 17.1 Å². The van der Waals surface area contributed by atoms with Gasteiger partial charge in [0.05, 0.1) is 18.9 Å². The molecule has 3 aromatic rings.